The smallest absolute Gasteiger partial charge is 0.422 e. The molecule has 1 aromatic heterocycles. The van der Waals surface area contributed by atoms with Crippen LogP contribution in [0.2, 0.25) is 5.02 Å². The lowest BCUT2D eigenvalue weighted by atomic mass is 10.1. The Hall–Kier alpha value is -3.18. The summed E-state index contributed by atoms with van der Waals surface area (Å²) in [5.74, 6) is -1.24. The molecular weight excluding hydrogens is 447 g/mol. The van der Waals surface area contributed by atoms with Gasteiger partial charge in [-0.2, -0.15) is 13.2 Å². The zero-order chi connectivity index (χ0) is 21.9. The number of ether oxygens (including phenoxy) is 1. The first-order valence-corrected chi connectivity index (χ1v) is 9.39. The van der Waals surface area contributed by atoms with E-state index in [-0.39, 0.29) is 10.9 Å². The number of nitrogens with zero attached hydrogens (tertiary/aromatic N) is 2. The van der Waals surface area contributed by atoms with Crippen LogP contribution in [0.3, 0.4) is 0 Å². The molecule has 0 radical (unpaired) electrons. The van der Waals surface area contributed by atoms with Crippen LogP contribution in [-0.4, -0.2) is 28.6 Å². The SMILES string of the molecule is O=C(Nc1nc(-c2ccc(Cl)cc2)cs1)c1cc(OCC(F)(F)F)ccc1[N+](=O)[O-]. The molecule has 3 aromatic rings. The van der Waals surface area contributed by atoms with Crippen LogP contribution in [0.25, 0.3) is 11.3 Å². The average Bonchev–Trinajstić information content (AvgIpc) is 3.14. The first-order valence-electron chi connectivity index (χ1n) is 8.13. The van der Waals surface area contributed by atoms with Crippen LogP contribution >= 0.6 is 22.9 Å². The van der Waals surface area contributed by atoms with Crippen LogP contribution in [-0.2, 0) is 0 Å². The van der Waals surface area contributed by atoms with Crippen molar-refractivity contribution in [3.8, 4) is 17.0 Å². The third-order valence-corrected chi connectivity index (χ3v) is 4.69. The predicted octanol–water partition coefficient (Wildman–Crippen LogP) is 5.57. The largest absolute Gasteiger partial charge is 0.484 e. The molecule has 12 heteroatoms. The van der Waals surface area contributed by atoms with Crippen molar-refractivity contribution in [1.29, 1.82) is 0 Å². The number of anilines is 1. The van der Waals surface area contributed by atoms with E-state index in [0.29, 0.717) is 10.7 Å². The third-order valence-electron chi connectivity index (χ3n) is 3.68. The van der Waals surface area contributed by atoms with Crippen molar-refractivity contribution in [1.82, 2.24) is 4.98 Å². The number of thiazole rings is 1. The average molecular weight is 458 g/mol. The molecule has 0 spiro atoms. The van der Waals surface area contributed by atoms with Crippen molar-refractivity contribution in [3.05, 3.63) is 68.5 Å². The first kappa shape index (κ1) is 21.5. The van der Waals surface area contributed by atoms with Crippen molar-refractivity contribution >= 4 is 39.7 Å². The highest BCUT2D eigenvalue weighted by atomic mass is 35.5. The minimum Gasteiger partial charge on any atom is -0.484 e. The number of amides is 1. The molecule has 30 heavy (non-hydrogen) atoms. The number of hydrogen-bond acceptors (Lipinski definition) is 6. The van der Waals surface area contributed by atoms with Crippen LogP contribution in [0.15, 0.2) is 47.8 Å². The van der Waals surface area contributed by atoms with Gasteiger partial charge in [-0.05, 0) is 24.3 Å². The molecule has 1 heterocycles. The Morgan fingerprint density at radius 1 is 1.23 bits per heavy atom. The van der Waals surface area contributed by atoms with Gasteiger partial charge in [-0.3, -0.25) is 20.2 Å². The normalized spacial score (nSPS) is 11.2. The van der Waals surface area contributed by atoms with E-state index < -0.39 is 34.9 Å². The number of benzene rings is 2. The van der Waals surface area contributed by atoms with Crippen LogP contribution in [0.5, 0.6) is 5.75 Å². The second kappa shape index (κ2) is 8.67. The van der Waals surface area contributed by atoms with Crippen LogP contribution in [0.1, 0.15) is 10.4 Å². The van der Waals surface area contributed by atoms with Gasteiger partial charge in [0.15, 0.2) is 11.7 Å². The zero-order valence-corrected chi connectivity index (χ0v) is 16.3. The molecular formula is C18H11ClF3N3O4S. The number of nitro groups is 1. The quantitative estimate of drug-likeness (QED) is 0.386. The van der Waals surface area contributed by atoms with Gasteiger partial charge in [0.2, 0.25) is 0 Å². The van der Waals surface area contributed by atoms with Crippen molar-refractivity contribution < 1.29 is 27.6 Å². The summed E-state index contributed by atoms with van der Waals surface area (Å²) in [7, 11) is 0. The molecule has 0 unspecified atom stereocenters. The second-order valence-electron chi connectivity index (χ2n) is 5.84. The number of carbonyl (C=O) groups excluding carboxylic acids is 1. The fourth-order valence-corrected chi connectivity index (χ4v) is 3.20. The maximum Gasteiger partial charge on any atom is 0.422 e. The Kier molecular flexibility index (Phi) is 6.22. The summed E-state index contributed by atoms with van der Waals surface area (Å²) >= 11 is 6.92. The van der Waals surface area contributed by atoms with E-state index in [4.69, 9.17) is 11.6 Å². The molecule has 3 rings (SSSR count). The highest BCUT2D eigenvalue weighted by molar-refractivity contribution is 7.14. The fraction of sp³-hybridized carbons (Fsp3) is 0.111. The number of rotatable bonds is 6. The Morgan fingerprint density at radius 3 is 2.57 bits per heavy atom. The predicted molar refractivity (Wildman–Crippen MR) is 105 cm³/mol. The van der Waals surface area contributed by atoms with Crippen LogP contribution < -0.4 is 10.1 Å². The fourth-order valence-electron chi connectivity index (χ4n) is 2.36. The van der Waals surface area contributed by atoms with Gasteiger partial charge in [0.05, 0.1) is 10.6 Å². The molecule has 1 amide bonds. The summed E-state index contributed by atoms with van der Waals surface area (Å²) in [4.78, 5) is 27.2. The first-order chi connectivity index (χ1) is 14.1. The Labute approximate surface area is 176 Å². The highest BCUT2D eigenvalue weighted by Crippen LogP contribution is 2.29. The Morgan fingerprint density at radius 2 is 1.93 bits per heavy atom. The van der Waals surface area contributed by atoms with Gasteiger partial charge in [-0.15, -0.1) is 11.3 Å². The number of halogens is 4. The zero-order valence-electron chi connectivity index (χ0n) is 14.8. The van der Waals surface area contributed by atoms with Gasteiger partial charge < -0.3 is 4.74 Å². The van der Waals surface area contributed by atoms with E-state index >= 15 is 0 Å². The molecule has 0 aliphatic rings. The van der Waals surface area contributed by atoms with Crippen molar-refractivity contribution in [2.45, 2.75) is 6.18 Å². The lowest BCUT2D eigenvalue weighted by molar-refractivity contribution is -0.385. The van der Waals surface area contributed by atoms with Crippen LogP contribution in [0.4, 0.5) is 24.0 Å². The van der Waals surface area contributed by atoms with E-state index in [0.717, 1.165) is 35.1 Å². The summed E-state index contributed by atoms with van der Waals surface area (Å²) in [6.07, 6.45) is -4.59. The molecule has 1 N–H and O–H groups in total. The van der Waals surface area contributed by atoms with Crippen molar-refractivity contribution in [2.75, 3.05) is 11.9 Å². The topological polar surface area (TPSA) is 94.4 Å². The summed E-state index contributed by atoms with van der Waals surface area (Å²) in [5, 5.41) is 16.0. The van der Waals surface area contributed by atoms with Gasteiger partial charge in [-0.25, -0.2) is 4.98 Å². The van der Waals surface area contributed by atoms with E-state index in [1.54, 1.807) is 29.6 Å². The Bertz CT molecular complexity index is 1090. The maximum absolute atomic E-state index is 12.5. The van der Waals surface area contributed by atoms with E-state index in [9.17, 15) is 28.1 Å². The van der Waals surface area contributed by atoms with E-state index in [1.165, 1.54) is 0 Å². The lowest BCUT2D eigenvalue weighted by Crippen LogP contribution is -2.20. The van der Waals surface area contributed by atoms with Gasteiger partial charge in [-0.1, -0.05) is 23.7 Å². The molecule has 7 nitrogen and oxygen atoms in total. The van der Waals surface area contributed by atoms with Crippen molar-refractivity contribution in [3.63, 3.8) is 0 Å². The van der Waals surface area contributed by atoms with Crippen molar-refractivity contribution in [2.24, 2.45) is 0 Å². The standard InChI is InChI=1S/C18H11ClF3N3O4S/c19-11-3-1-10(2-4-11)14-8-30-17(23-14)24-16(26)13-7-12(29-9-18(20,21)22)5-6-15(13)25(27)28/h1-8H,9H2,(H,23,24,26). The van der Waals surface area contributed by atoms with Gasteiger partial charge in [0, 0.05) is 22.0 Å². The van der Waals surface area contributed by atoms with E-state index in [1.807, 2.05) is 0 Å². The second-order valence-corrected chi connectivity index (χ2v) is 7.13. The van der Waals surface area contributed by atoms with Gasteiger partial charge in [0.1, 0.15) is 11.3 Å². The molecule has 0 atom stereocenters. The molecule has 156 valence electrons. The minimum absolute atomic E-state index is 0.154. The molecule has 0 bridgehead atoms. The summed E-state index contributed by atoms with van der Waals surface area (Å²) in [6.45, 7) is -1.59. The number of carbonyl (C=O) groups is 1. The molecule has 0 saturated carbocycles. The monoisotopic (exact) mass is 457 g/mol. The molecule has 0 saturated heterocycles. The van der Waals surface area contributed by atoms with Gasteiger partial charge >= 0.3 is 6.18 Å². The number of hydrogen-bond donors (Lipinski definition) is 1. The molecule has 0 fully saturated rings. The third kappa shape index (κ3) is 5.45. The lowest BCUT2D eigenvalue weighted by Gasteiger charge is -2.10. The molecule has 0 aliphatic carbocycles. The highest BCUT2D eigenvalue weighted by Gasteiger charge is 2.29. The van der Waals surface area contributed by atoms with Gasteiger partial charge in [0.25, 0.3) is 11.6 Å². The number of nitro benzene ring substituents is 1. The summed E-state index contributed by atoms with van der Waals surface area (Å²) in [5.41, 5.74) is 0.248. The molecule has 2 aromatic carbocycles. The maximum atomic E-state index is 12.5. The van der Waals surface area contributed by atoms with E-state index in [2.05, 4.69) is 15.0 Å². The number of aromatic nitrogens is 1. The summed E-state index contributed by atoms with van der Waals surface area (Å²) in [6, 6.07) is 9.58. The summed E-state index contributed by atoms with van der Waals surface area (Å²) < 4.78 is 41.6. The minimum atomic E-state index is -4.59. The molecule has 0 aliphatic heterocycles. The number of nitrogens with one attached hydrogen (secondary N) is 1. The van der Waals surface area contributed by atoms with Crippen LogP contribution in [0, 0.1) is 10.1 Å². The Balaban J connectivity index is 1.81. The number of alkyl halides is 3.